The maximum Gasteiger partial charge on any atom is 0.353 e. The first-order valence-corrected chi connectivity index (χ1v) is 7.37. The first kappa shape index (κ1) is 15.7. The minimum absolute atomic E-state index is 0. The Labute approximate surface area is 135 Å². The third kappa shape index (κ3) is 2.49. The third-order valence-electron chi connectivity index (χ3n) is 3.12. The van der Waals surface area contributed by atoms with Gasteiger partial charge in [0.2, 0.25) is 0 Å². The SMILES string of the molecule is NC1=[NH+]/C(=C2/CCNC(=O)c3[nH]c(Br)c(Br)c32)C(=O)N1.[OH-]. The summed E-state index contributed by atoms with van der Waals surface area (Å²) in [6, 6.07) is 0. The zero-order valence-electron chi connectivity index (χ0n) is 10.5. The average molecular weight is 421 g/mol. The van der Waals surface area contributed by atoms with E-state index in [0.29, 0.717) is 39.0 Å². The van der Waals surface area contributed by atoms with Gasteiger partial charge in [0, 0.05) is 17.7 Å². The molecule has 0 fully saturated rings. The molecule has 2 aliphatic heterocycles. The summed E-state index contributed by atoms with van der Waals surface area (Å²) in [5, 5.41) is 5.27. The molecule has 1 aromatic heterocycles. The fourth-order valence-electron chi connectivity index (χ4n) is 2.28. The van der Waals surface area contributed by atoms with Crippen molar-refractivity contribution in [1.29, 1.82) is 0 Å². The zero-order valence-corrected chi connectivity index (χ0v) is 13.7. The molecule has 8 nitrogen and oxygen atoms in total. The maximum atomic E-state index is 12.0. The molecule has 0 aromatic carbocycles. The summed E-state index contributed by atoms with van der Waals surface area (Å²) in [4.78, 5) is 29.7. The molecule has 1 aromatic rings. The lowest BCUT2D eigenvalue weighted by molar-refractivity contribution is -0.385. The summed E-state index contributed by atoms with van der Waals surface area (Å²) in [7, 11) is 0. The molecule has 21 heavy (non-hydrogen) atoms. The van der Waals surface area contributed by atoms with Crippen molar-refractivity contribution in [3.05, 3.63) is 26.0 Å². The lowest BCUT2D eigenvalue weighted by Gasteiger charge is -2.04. The predicted octanol–water partition coefficient (Wildman–Crippen LogP) is -1.27. The van der Waals surface area contributed by atoms with Crippen LogP contribution in [0, 0.1) is 0 Å². The Hall–Kier alpha value is -1.65. The summed E-state index contributed by atoms with van der Waals surface area (Å²) < 4.78 is 1.35. The number of carbonyl (C=O) groups is 2. The molecule has 0 unspecified atom stereocenters. The molecule has 0 atom stereocenters. The number of amides is 2. The average Bonchev–Trinajstić information content (AvgIpc) is 2.81. The number of guanidine groups is 1. The van der Waals surface area contributed by atoms with E-state index in [0.717, 1.165) is 5.57 Å². The van der Waals surface area contributed by atoms with Crippen LogP contribution >= 0.6 is 31.9 Å². The van der Waals surface area contributed by atoms with Crippen LogP contribution in [-0.2, 0) is 4.79 Å². The van der Waals surface area contributed by atoms with Crippen LogP contribution in [0.2, 0.25) is 0 Å². The zero-order chi connectivity index (χ0) is 14.4. The molecule has 3 heterocycles. The highest BCUT2D eigenvalue weighted by Gasteiger charge is 2.33. The Bertz CT molecular complexity index is 707. The van der Waals surface area contributed by atoms with Gasteiger partial charge in [0.1, 0.15) is 5.69 Å². The summed E-state index contributed by atoms with van der Waals surface area (Å²) in [6.07, 6.45) is 0.519. The smallest absolute Gasteiger partial charge is 0.353 e. The third-order valence-corrected chi connectivity index (χ3v) is 5.04. The monoisotopic (exact) mass is 419 g/mol. The number of carbonyl (C=O) groups excluding carboxylic acids is 2. The van der Waals surface area contributed by atoms with E-state index in [-0.39, 0.29) is 23.3 Å². The van der Waals surface area contributed by atoms with Gasteiger partial charge in [0.25, 0.3) is 5.91 Å². The van der Waals surface area contributed by atoms with E-state index in [2.05, 4.69) is 52.5 Å². The van der Waals surface area contributed by atoms with Gasteiger partial charge in [-0.2, -0.15) is 0 Å². The number of fused-ring (bicyclic) bond motifs is 1. The molecule has 112 valence electrons. The minimum atomic E-state index is -0.304. The van der Waals surface area contributed by atoms with E-state index in [4.69, 9.17) is 5.73 Å². The molecule has 7 N–H and O–H groups in total. The van der Waals surface area contributed by atoms with Crippen LogP contribution in [0.25, 0.3) is 5.57 Å². The second-order valence-corrected chi connectivity index (χ2v) is 5.94. The summed E-state index contributed by atoms with van der Waals surface area (Å²) in [5.41, 5.74) is 7.75. The molecular weight excluding hydrogens is 410 g/mol. The van der Waals surface area contributed by atoms with Crippen LogP contribution in [0.15, 0.2) is 14.8 Å². The molecule has 0 aliphatic carbocycles. The van der Waals surface area contributed by atoms with Crippen LogP contribution in [0.3, 0.4) is 0 Å². The molecule has 2 aliphatic rings. The van der Waals surface area contributed by atoms with Crippen LogP contribution in [0.4, 0.5) is 0 Å². The van der Waals surface area contributed by atoms with Gasteiger partial charge in [-0.25, -0.2) is 15.1 Å². The van der Waals surface area contributed by atoms with Crippen molar-refractivity contribution >= 4 is 55.2 Å². The Kier molecular flexibility index (Phi) is 4.21. The van der Waals surface area contributed by atoms with Gasteiger partial charge in [-0.1, -0.05) is 0 Å². The second kappa shape index (κ2) is 5.62. The molecule has 0 spiro atoms. The van der Waals surface area contributed by atoms with Crippen LogP contribution < -0.4 is 21.4 Å². The highest BCUT2D eigenvalue weighted by molar-refractivity contribution is 9.13. The first-order valence-electron chi connectivity index (χ1n) is 5.78. The molecular formula is C11H11Br2N5O3. The van der Waals surface area contributed by atoms with Crippen LogP contribution in [0.1, 0.15) is 22.5 Å². The number of H-pyrrole nitrogens is 1. The van der Waals surface area contributed by atoms with E-state index < -0.39 is 0 Å². The van der Waals surface area contributed by atoms with E-state index >= 15 is 0 Å². The molecule has 0 bridgehead atoms. The van der Waals surface area contributed by atoms with Gasteiger partial charge in [0.15, 0.2) is 5.70 Å². The van der Waals surface area contributed by atoms with E-state index in [1.54, 1.807) is 0 Å². The molecule has 3 rings (SSSR count). The number of halogens is 2. The van der Waals surface area contributed by atoms with Gasteiger partial charge in [-0.3, -0.25) is 10.5 Å². The van der Waals surface area contributed by atoms with E-state index in [1.165, 1.54) is 0 Å². The first-order chi connectivity index (χ1) is 9.49. The minimum Gasteiger partial charge on any atom is -0.870 e. The molecule has 2 amide bonds. The van der Waals surface area contributed by atoms with Crippen LogP contribution in [0.5, 0.6) is 0 Å². The number of nitrogens with two attached hydrogens (primary N) is 1. The normalized spacial score (nSPS) is 21.0. The Morgan fingerprint density at radius 1 is 1.19 bits per heavy atom. The number of hydrogen-bond acceptors (Lipinski definition) is 4. The van der Waals surface area contributed by atoms with Gasteiger partial charge >= 0.3 is 11.9 Å². The number of nitrogens with one attached hydrogen (secondary N) is 4. The van der Waals surface area contributed by atoms with Crippen LogP contribution in [-0.4, -0.2) is 34.8 Å². The highest BCUT2D eigenvalue weighted by Crippen LogP contribution is 2.37. The fraction of sp³-hybridized carbons (Fsp3) is 0.182. The van der Waals surface area contributed by atoms with Crippen molar-refractivity contribution in [1.82, 2.24) is 15.6 Å². The lowest BCUT2D eigenvalue weighted by atomic mass is 10.0. The van der Waals surface area contributed by atoms with Crippen molar-refractivity contribution < 1.29 is 20.1 Å². The van der Waals surface area contributed by atoms with Crippen molar-refractivity contribution in [2.45, 2.75) is 6.42 Å². The standard InChI is InChI=1S/C11H9Br2N5O2.H2O/c12-5-4-3(6-10(20)18-11(14)17-6)1-2-15-9(19)7(4)16-8(5)13;/h16H,1-2H2,(H,15,19)(H3,14,17,18,20);1H2/b6-3-;. The largest absolute Gasteiger partial charge is 0.870 e. The number of aromatic nitrogens is 1. The van der Waals surface area contributed by atoms with Crippen molar-refractivity contribution in [3.8, 4) is 0 Å². The van der Waals surface area contributed by atoms with Crippen molar-refractivity contribution in [2.24, 2.45) is 5.73 Å². The van der Waals surface area contributed by atoms with Gasteiger partial charge in [-0.05, 0) is 38.3 Å². The second-order valence-electron chi connectivity index (χ2n) is 4.36. The van der Waals surface area contributed by atoms with Gasteiger partial charge in [-0.15, -0.1) is 0 Å². The number of rotatable bonds is 0. The van der Waals surface area contributed by atoms with Crippen molar-refractivity contribution in [3.63, 3.8) is 0 Å². The fourth-order valence-corrected chi connectivity index (χ4v) is 3.22. The lowest BCUT2D eigenvalue weighted by Crippen LogP contribution is -2.71. The highest BCUT2D eigenvalue weighted by atomic mass is 79.9. The van der Waals surface area contributed by atoms with Gasteiger partial charge < -0.3 is 15.8 Å². The number of hydrogen-bond donors (Lipinski definition) is 5. The Balaban J connectivity index is 0.00000161. The Morgan fingerprint density at radius 3 is 2.52 bits per heavy atom. The quantitative estimate of drug-likeness (QED) is 0.333. The van der Waals surface area contributed by atoms with E-state index in [9.17, 15) is 9.59 Å². The Morgan fingerprint density at radius 2 is 1.90 bits per heavy atom. The topological polar surface area (TPSA) is 144 Å². The summed E-state index contributed by atoms with van der Waals surface area (Å²) in [6.45, 7) is 0.444. The summed E-state index contributed by atoms with van der Waals surface area (Å²) >= 11 is 6.77. The van der Waals surface area contributed by atoms with Gasteiger partial charge in [0.05, 0.1) is 9.08 Å². The molecule has 0 radical (unpaired) electrons. The predicted molar refractivity (Wildman–Crippen MR) is 80.3 cm³/mol. The summed E-state index contributed by atoms with van der Waals surface area (Å²) in [5.74, 6) is -0.326. The molecule has 10 heteroatoms. The number of aromatic amines is 1. The maximum absolute atomic E-state index is 12.0. The molecule has 0 saturated heterocycles. The molecule has 0 saturated carbocycles. The van der Waals surface area contributed by atoms with Crippen molar-refractivity contribution in [2.75, 3.05) is 6.54 Å². The van der Waals surface area contributed by atoms with E-state index in [1.807, 2.05) is 0 Å².